The summed E-state index contributed by atoms with van der Waals surface area (Å²) in [5.74, 6) is 0. The van der Waals surface area contributed by atoms with Crippen molar-refractivity contribution in [2.75, 3.05) is 0 Å². The molecule has 1 aromatic carbocycles. The normalized spacial score (nSPS) is 25.0. The molecule has 3 rings (SSSR count). The maximum atomic E-state index is 6.09. The highest BCUT2D eigenvalue weighted by Gasteiger charge is 2.51. The van der Waals surface area contributed by atoms with Gasteiger partial charge in [0.25, 0.3) is 0 Å². The molecule has 0 spiro atoms. The van der Waals surface area contributed by atoms with E-state index in [0.29, 0.717) is 0 Å². The summed E-state index contributed by atoms with van der Waals surface area (Å²) in [6.07, 6.45) is 2.01. The van der Waals surface area contributed by atoms with Crippen molar-refractivity contribution in [3.8, 4) is 0 Å². The molecule has 0 aliphatic carbocycles. The van der Waals surface area contributed by atoms with E-state index in [1.165, 1.54) is 5.56 Å². The van der Waals surface area contributed by atoms with E-state index in [0.717, 1.165) is 11.2 Å². The molecule has 0 N–H and O–H groups in total. The summed E-state index contributed by atoms with van der Waals surface area (Å²) < 4.78 is 12.2. The van der Waals surface area contributed by atoms with Gasteiger partial charge in [0, 0.05) is 11.6 Å². The van der Waals surface area contributed by atoms with Crippen LogP contribution in [-0.4, -0.2) is 24.5 Å². The molecule has 1 aromatic rings. The Labute approximate surface area is 121 Å². The molecule has 3 nitrogen and oxygen atoms in total. The summed E-state index contributed by atoms with van der Waals surface area (Å²) in [4.78, 5) is 4.52. The molecule has 0 unspecified atom stereocenters. The van der Waals surface area contributed by atoms with Crippen LogP contribution in [0.2, 0.25) is 0 Å². The fourth-order valence-electron chi connectivity index (χ4n) is 2.63. The minimum Gasteiger partial charge on any atom is -0.399 e. The molecule has 0 radical (unpaired) electrons. The molecule has 4 heteroatoms. The number of nitrogens with zero attached hydrogens (tertiary/aromatic N) is 1. The van der Waals surface area contributed by atoms with Crippen molar-refractivity contribution >= 4 is 24.5 Å². The van der Waals surface area contributed by atoms with E-state index < -0.39 is 0 Å². The first-order valence-electron chi connectivity index (χ1n) is 7.18. The van der Waals surface area contributed by atoms with Crippen LogP contribution in [0.1, 0.15) is 47.1 Å². The van der Waals surface area contributed by atoms with Gasteiger partial charge in [-0.2, -0.15) is 0 Å². The van der Waals surface area contributed by atoms with Gasteiger partial charge in [0.2, 0.25) is 0 Å². The number of rotatable bonds is 1. The van der Waals surface area contributed by atoms with E-state index in [4.69, 9.17) is 9.31 Å². The van der Waals surface area contributed by atoms with E-state index in [1.54, 1.807) is 0 Å². The third-order valence-electron chi connectivity index (χ3n) is 4.77. The molecule has 2 heterocycles. The van der Waals surface area contributed by atoms with Crippen molar-refractivity contribution in [3.05, 3.63) is 23.8 Å². The standard InChI is InChI=1S/C16H22BNO2/c1-14(2)10-18-13-9-11(7-8-12(13)14)17-19-15(3,4)16(5,6)20-17/h7-10H,1-6H3. The fourth-order valence-corrected chi connectivity index (χ4v) is 2.63. The molecule has 1 saturated heterocycles. The van der Waals surface area contributed by atoms with Crippen LogP contribution in [0.4, 0.5) is 5.69 Å². The summed E-state index contributed by atoms with van der Waals surface area (Å²) >= 11 is 0. The average Bonchev–Trinajstić information content (AvgIpc) is 2.74. The van der Waals surface area contributed by atoms with Crippen LogP contribution in [0, 0.1) is 0 Å². The average molecular weight is 271 g/mol. The van der Waals surface area contributed by atoms with Gasteiger partial charge in [0.15, 0.2) is 0 Å². The molecule has 0 aromatic heterocycles. The zero-order valence-corrected chi connectivity index (χ0v) is 13.2. The monoisotopic (exact) mass is 271 g/mol. The van der Waals surface area contributed by atoms with E-state index in [2.05, 4.69) is 64.7 Å². The summed E-state index contributed by atoms with van der Waals surface area (Å²) in [7, 11) is -0.316. The Balaban J connectivity index is 1.93. The number of hydrogen-bond acceptors (Lipinski definition) is 3. The van der Waals surface area contributed by atoms with Crippen molar-refractivity contribution in [3.63, 3.8) is 0 Å². The Morgan fingerprint density at radius 2 is 1.55 bits per heavy atom. The lowest BCUT2D eigenvalue weighted by atomic mass is 9.77. The molecule has 106 valence electrons. The third kappa shape index (κ3) is 1.94. The molecular formula is C16H22BNO2. The molecular weight excluding hydrogens is 249 g/mol. The topological polar surface area (TPSA) is 30.8 Å². The molecule has 20 heavy (non-hydrogen) atoms. The van der Waals surface area contributed by atoms with E-state index in [1.807, 2.05) is 6.21 Å². The number of benzene rings is 1. The summed E-state index contributed by atoms with van der Waals surface area (Å²) in [5, 5.41) is 0. The highest BCUT2D eigenvalue weighted by atomic mass is 16.7. The van der Waals surface area contributed by atoms with Crippen LogP contribution in [-0.2, 0) is 14.7 Å². The predicted octanol–water partition coefficient (Wildman–Crippen LogP) is 2.98. The molecule has 0 atom stereocenters. The summed E-state index contributed by atoms with van der Waals surface area (Å²) in [5.41, 5.74) is 2.74. The van der Waals surface area contributed by atoms with Crippen LogP contribution in [0.5, 0.6) is 0 Å². The van der Waals surface area contributed by atoms with Crippen molar-refractivity contribution in [2.24, 2.45) is 4.99 Å². The summed E-state index contributed by atoms with van der Waals surface area (Å²) in [6.45, 7) is 12.6. The van der Waals surface area contributed by atoms with E-state index in [9.17, 15) is 0 Å². The lowest BCUT2D eigenvalue weighted by Crippen LogP contribution is -2.41. The van der Waals surface area contributed by atoms with Crippen molar-refractivity contribution in [2.45, 2.75) is 58.2 Å². The van der Waals surface area contributed by atoms with Gasteiger partial charge in [-0.25, -0.2) is 0 Å². The lowest BCUT2D eigenvalue weighted by molar-refractivity contribution is 0.00578. The second kappa shape index (κ2) is 3.95. The Hall–Kier alpha value is -1.13. The van der Waals surface area contributed by atoms with Crippen LogP contribution >= 0.6 is 0 Å². The van der Waals surface area contributed by atoms with Gasteiger partial charge in [-0.05, 0) is 44.8 Å². The highest BCUT2D eigenvalue weighted by Crippen LogP contribution is 2.38. The fraction of sp³-hybridized carbons (Fsp3) is 0.562. The van der Waals surface area contributed by atoms with Crippen LogP contribution in [0.25, 0.3) is 0 Å². The van der Waals surface area contributed by atoms with E-state index >= 15 is 0 Å². The molecule has 0 amide bonds. The Bertz CT molecular complexity index is 574. The van der Waals surface area contributed by atoms with Gasteiger partial charge >= 0.3 is 7.12 Å². The minimum atomic E-state index is -0.316. The Kier molecular flexibility index (Phi) is 2.74. The Morgan fingerprint density at radius 3 is 2.15 bits per heavy atom. The van der Waals surface area contributed by atoms with Crippen molar-refractivity contribution in [1.82, 2.24) is 0 Å². The molecule has 0 bridgehead atoms. The SMILES string of the molecule is CC1(C)C=Nc2cc(B3OC(C)(C)C(C)(C)O3)ccc21. The maximum Gasteiger partial charge on any atom is 0.494 e. The molecule has 2 aliphatic heterocycles. The molecule has 1 fully saturated rings. The van der Waals surface area contributed by atoms with Gasteiger partial charge in [-0.1, -0.05) is 26.0 Å². The van der Waals surface area contributed by atoms with Gasteiger partial charge in [-0.15, -0.1) is 0 Å². The summed E-state index contributed by atoms with van der Waals surface area (Å²) in [6, 6.07) is 6.32. The lowest BCUT2D eigenvalue weighted by Gasteiger charge is -2.32. The maximum absolute atomic E-state index is 6.09. The van der Waals surface area contributed by atoms with Crippen LogP contribution < -0.4 is 5.46 Å². The van der Waals surface area contributed by atoms with Crippen LogP contribution in [0.3, 0.4) is 0 Å². The molecule has 0 saturated carbocycles. The molecule has 2 aliphatic rings. The predicted molar refractivity (Wildman–Crippen MR) is 83.3 cm³/mol. The van der Waals surface area contributed by atoms with Gasteiger partial charge in [0.1, 0.15) is 0 Å². The minimum absolute atomic E-state index is 0.0177. The largest absolute Gasteiger partial charge is 0.494 e. The van der Waals surface area contributed by atoms with Gasteiger partial charge in [0.05, 0.1) is 16.9 Å². The second-order valence-electron chi connectivity index (χ2n) is 7.34. The zero-order chi connectivity index (χ0) is 14.8. The van der Waals surface area contributed by atoms with Gasteiger partial charge < -0.3 is 9.31 Å². The van der Waals surface area contributed by atoms with Crippen LogP contribution in [0.15, 0.2) is 23.2 Å². The third-order valence-corrected chi connectivity index (χ3v) is 4.77. The number of aliphatic imine (C=N–C) groups is 1. The first kappa shape index (κ1) is 13.8. The quantitative estimate of drug-likeness (QED) is 0.735. The Morgan fingerprint density at radius 1 is 0.950 bits per heavy atom. The number of fused-ring (bicyclic) bond motifs is 1. The van der Waals surface area contributed by atoms with Gasteiger partial charge in [-0.3, -0.25) is 4.99 Å². The zero-order valence-electron chi connectivity index (χ0n) is 13.2. The first-order chi connectivity index (χ1) is 9.12. The van der Waals surface area contributed by atoms with E-state index in [-0.39, 0.29) is 23.7 Å². The first-order valence-corrected chi connectivity index (χ1v) is 7.18. The van der Waals surface area contributed by atoms with Crippen molar-refractivity contribution in [1.29, 1.82) is 0 Å². The van der Waals surface area contributed by atoms with Crippen molar-refractivity contribution < 1.29 is 9.31 Å². The second-order valence-corrected chi connectivity index (χ2v) is 7.34. The number of hydrogen-bond donors (Lipinski definition) is 0. The highest BCUT2D eigenvalue weighted by molar-refractivity contribution is 6.62. The smallest absolute Gasteiger partial charge is 0.399 e.